The Bertz CT molecular complexity index is 846. The van der Waals surface area contributed by atoms with Crippen molar-refractivity contribution >= 4 is 17.7 Å². The second-order valence-electron chi connectivity index (χ2n) is 6.20. The summed E-state index contributed by atoms with van der Waals surface area (Å²) in [6, 6.07) is 25.7. The summed E-state index contributed by atoms with van der Waals surface area (Å²) in [5.41, 5.74) is 2.93. The molecule has 0 spiro atoms. The standard InChI is InChI=1S/C23H23NO2S/c1-18-7-9-19(10-8-18)17-24-23(25)20-11-13-21(14-12-20)26-15-16-27-22-5-3-2-4-6-22/h2-14H,15-17H2,1H3,(H,24,25). The summed E-state index contributed by atoms with van der Waals surface area (Å²) >= 11 is 1.76. The quantitative estimate of drug-likeness (QED) is 0.439. The minimum atomic E-state index is -0.0817. The summed E-state index contributed by atoms with van der Waals surface area (Å²) in [5.74, 6) is 1.57. The second-order valence-corrected chi connectivity index (χ2v) is 7.37. The van der Waals surface area contributed by atoms with E-state index in [1.54, 1.807) is 23.9 Å². The van der Waals surface area contributed by atoms with Gasteiger partial charge in [0.25, 0.3) is 5.91 Å². The number of thioether (sulfide) groups is 1. The zero-order chi connectivity index (χ0) is 18.9. The van der Waals surface area contributed by atoms with E-state index in [1.807, 2.05) is 61.5 Å². The summed E-state index contributed by atoms with van der Waals surface area (Å²) in [5, 5.41) is 2.94. The van der Waals surface area contributed by atoms with E-state index >= 15 is 0 Å². The molecule has 0 aliphatic rings. The first-order chi connectivity index (χ1) is 13.2. The molecule has 3 rings (SSSR count). The third-order valence-corrected chi connectivity index (χ3v) is 5.03. The predicted molar refractivity (Wildman–Crippen MR) is 111 cm³/mol. The number of amides is 1. The molecule has 0 heterocycles. The summed E-state index contributed by atoms with van der Waals surface area (Å²) in [6.07, 6.45) is 0. The van der Waals surface area contributed by atoms with Gasteiger partial charge >= 0.3 is 0 Å². The molecule has 3 aromatic carbocycles. The van der Waals surface area contributed by atoms with Crippen molar-refractivity contribution in [3.63, 3.8) is 0 Å². The lowest BCUT2D eigenvalue weighted by Crippen LogP contribution is -2.22. The molecular weight excluding hydrogens is 354 g/mol. The third kappa shape index (κ3) is 6.19. The number of carbonyl (C=O) groups is 1. The second kappa shape index (κ2) is 9.83. The molecule has 3 aromatic rings. The predicted octanol–water partition coefficient (Wildman–Crippen LogP) is 5.10. The van der Waals surface area contributed by atoms with Gasteiger partial charge in [-0.2, -0.15) is 0 Å². The zero-order valence-corrected chi connectivity index (χ0v) is 16.2. The molecule has 0 bridgehead atoms. The van der Waals surface area contributed by atoms with Crippen molar-refractivity contribution in [1.29, 1.82) is 0 Å². The molecule has 0 aromatic heterocycles. The Morgan fingerprint density at radius 1 is 0.926 bits per heavy atom. The molecule has 1 amide bonds. The molecule has 0 saturated carbocycles. The monoisotopic (exact) mass is 377 g/mol. The molecule has 27 heavy (non-hydrogen) atoms. The Balaban J connectivity index is 1.42. The molecule has 3 nitrogen and oxygen atoms in total. The van der Waals surface area contributed by atoms with E-state index < -0.39 is 0 Å². The number of nitrogens with one attached hydrogen (secondary N) is 1. The van der Waals surface area contributed by atoms with Gasteiger partial charge in [0.05, 0.1) is 6.61 Å². The van der Waals surface area contributed by atoms with Crippen LogP contribution < -0.4 is 10.1 Å². The molecule has 1 N–H and O–H groups in total. The molecule has 0 atom stereocenters. The van der Waals surface area contributed by atoms with Crippen molar-refractivity contribution in [3.05, 3.63) is 95.6 Å². The fourth-order valence-corrected chi connectivity index (χ4v) is 3.28. The lowest BCUT2D eigenvalue weighted by Gasteiger charge is -2.08. The number of aryl methyl sites for hydroxylation is 1. The van der Waals surface area contributed by atoms with Crippen LogP contribution in [-0.2, 0) is 6.54 Å². The Labute approximate surface area is 164 Å². The maximum atomic E-state index is 12.3. The fraction of sp³-hybridized carbons (Fsp3) is 0.174. The van der Waals surface area contributed by atoms with Crippen LogP contribution in [0.4, 0.5) is 0 Å². The molecule has 0 aliphatic heterocycles. The van der Waals surface area contributed by atoms with Gasteiger partial charge in [0.15, 0.2) is 0 Å². The smallest absolute Gasteiger partial charge is 0.251 e. The van der Waals surface area contributed by atoms with Crippen molar-refractivity contribution in [2.45, 2.75) is 18.4 Å². The molecule has 0 radical (unpaired) electrons. The van der Waals surface area contributed by atoms with Gasteiger partial charge in [0.1, 0.15) is 5.75 Å². The van der Waals surface area contributed by atoms with Gasteiger partial charge in [-0.25, -0.2) is 0 Å². The van der Waals surface area contributed by atoms with Crippen LogP contribution in [0.3, 0.4) is 0 Å². The van der Waals surface area contributed by atoms with Crippen molar-refractivity contribution in [2.75, 3.05) is 12.4 Å². The minimum Gasteiger partial charge on any atom is -0.493 e. The average molecular weight is 378 g/mol. The van der Waals surface area contributed by atoms with Crippen LogP contribution in [0.5, 0.6) is 5.75 Å². The topological polar surface area (TPSA) is 38.3 Å². The Morgan fingerprint density at radius 2 is 1.63 bits per heavy atom. The first-order valence-corrected chi connectivity index (χ1v) is 9.94. The van der Waals surface area contributed by atoms with Crippen molar-refractivity contribution in [3.8, 4) is 5.75 Å². The number of benzene rings is 3. The van der Waals surface area contributed by atoms with Gasteiger partial charge in [-0.15, -0.1) is 11.8 Å². The number of ether oxygens (including phenoxy) is 1. The molecule has 4 heteroatoms. The summed E-state index contributed by atoms with van der Waals surface area (Å²) < 4.78 is 5.75. The molecule has 0 unspecified atom stereocenters. The van der Waals surface area contributed by atoms with E-state index in [0.29, 0.717) is 18.7 Å². The molecule has 0 saturated heterocycles. The van der Waals surface area contributed by atoms with Crippen molar-refractivity contribution in [1.82, 2.24) is 5.32 Å². The van der Waals surface area contributed by atoms with Crippen LogP contribution in [0.25, 0.3) is 0 Å². The largest absolute Gasteiger partial charge is 0.493 e. The van der Waals surface area contributed by atoms with E-state index in [-0.39, 0.29) is 5.91 Å². The highest BCUT2D eigenvalue weighted by Gasteiger charge is 2.05. The highest BCUT2D eigenvalue weighted by molar-refractivity contribution is 7.99. The number of hydrogen-bond donors (Lipinski definition) is 1. The highest BCUT2D eigenvalue weighted by Crippen LogP contribution is 2.18. The number of hydrogen-bond acceptors (Lipinski definition) is 3. The van der Waals surface area contributed by atoms with E-state index in [2.05, 4.69) is 17.4 Å². The van der Waals surface area contributed by atoms with E-state index in [1.165, 1.54) is 10.5 Å². The Hall–Kier alpha value is -2.72. The van der Waals surface area contributed by atoms with Crippen molar-refractivity contribution < 1.29 is 9.53 Å². The number of rotatable bonds is 8. The van der Waals surface area contributed by atoms with Gasteiger partial charge in [-0.05, 0) is 48.9 Å². The maximum absolute atomic E-state index is 12.3. The van der Waals surface area contributed by atoms with Crippen LogP contribution in [0.1, 0.15) is 21.5 Å². The van der Waals surface area contributed by atoms with Crippen LogP contribution in [-0.4, -0.2) is 18.3 Å². The summed E-state index contributed by atoms with van der Waals surface area (Å²) in [4.78, 5) is 13.5. The van der Waals surface area contributed by atoms with Gasteiger partial charge in [0, 0.05) is 22.8 Å². The maximum Gasteiger partial charge on any atom is 0.251 e. The van der Waals surface area contributed by atoms with Gasteiger partial charge < -0.3 is 10.1 Å². The minimum absolute atomic E-state index is 0.0817. The van der Waals surface area contributed by atoms with E-state index in [9.17, 15) is 4.79 Å². The number of carbonyl (C=O) groups excluding carboxylic acids is 1. The fourth-order valence-electron chi connectivity index (χ4n) is 2.53. The van der Waals surface area contributed by atoms with Crippen LogP contribution >= 0.6 is 11.8 Å². The molecular formula is C23H23NO2S. The highest BCUT2D eigenvalue weighted by atomic mass is 32.2. The van der Waals surface area contributed by atoms with E-state index in [4.69, 9.17) is 4.74 Å². The lowest BCUT2D eigenvalue weighted by atomic mass is 10.1. The SMILES string of the molecule is Cc1ccc(CNC(=O)c2ccc(OCCSc3ccccc3)cc2)cc1. The van der Waals surface area contributed by atoms with Gasteiger partial charge in [0.2, 0.25) is 0 Å². The first kappa shape index (κ1) is 19.1. The molecule has 0 fully saturated rings. The lowest BCUT2D eigenvalue weighted by molar-refractivity contribution is 0.0951. The summed E-state index contributed by atoms with van der Waals surface area (Å²) in [6.45, 7) is 3.19. The van der Waals surface area contributed by atoms with Gasteiger partial charge in [-0.1, -0.05) is 48.0 Å². The molecule has 0 aliphatic carbocycles. The Morgan fingerprint density at radius 3 is 2.33 bits per heavy atom. The average Bonchev–Trinajstić information content (AvgIpc) is 2.72. The normalized spacial score (nSPS) is 10.4. The zero-order valence-electron chi connectivity index (χ0n) is 15.4. The van der Waals surface area contributed by atoms with Crippen molar-refractivity contribution in [2.24, 2.45) is 0 Å². The van der Waals surface area contributed by atoms with Crippen LogP contribution in [0.15, 0.2) is 83.8 Å². The van der Waals surface area contributed by atoms with Crippen LogP contribution in [0, 0.1) is 6.92 Å². The third-order valence-electron chi connectivity index (χ3n) is 4.05. The van der Waals surface area contributed by atoms with Gasteiger partial charge in [-0.3, -0.25) is 4.79 Å². The summed E-state index contributed by atoms with van der Waals surface area (Å²) in [7, 11) is 0. The van der Waals surface area contributed by atoms with E-state index in [0.717, 1.165) is 17.1 Å². The Kier molecular flexibility index (Phi) is 6.94. The first-order valence-electron chi connectivity index (χ1n) is 8.95. The van der Waals surface area contributed by atoms with Crippen LogP contribution in [0.2, 0.25) is 0 Å². The molecule has 138 valence electrons.